The molecule has 0 spiro atoms. The van der Waals surface area contributed by atoms with Gasteiger partial charge in [-0.1, -0.05) is 73.7 Å². The minimum atomic E-state index is -0.402. The summed E-state index contributed by atoms with van der Waals surface area (Å²) in [6.07, 6.45) is 6.94. The molecule has 0 heterocycles. The van der Waals surface area contributed by atoms with E-state index in [2.05, 4.69) is 73.7 Å². The summed E-state index contributed by atoms with van der Waals surface area (Å²) in [4.78, 5) is 11.5. The van der Waals surface area contributed by atoms with Gasteiger partial charge in [0.1, 0.15) is 11.5 Å². The zero-order valence-corrected chi connectivity index (χ0v) is 18.6. The molecule has 0 bridgehead atoms. The van der Waals surface area contributed by atoms with E-state index in [0.717, 1.165) is 12.2 Å². The lowest BCUT2D eigenvalue weighted by Gasteiger charge is -2.48. The number of esters is 1. The van der Waals surface area contributed by atoms with E-state index < -0.39 is 5.41 Å². The summed E-state index contributed by atoms with van der Waals surface area (Å²) in [5, 5.41) is 0. The van der Waals surface area contributed by atoms with Crippen molar-refractivity contribution in [2.45, 2.75) is 25.7 Å². The van der Waals surface area contributed by atoms with Crippen LogP contribution in [-0.4, -0.2) is 13.1 Å². The first-order valence-electron chi connectivity index (χ1n) is 10.9. The predicted molar refractivity (Wildman–Crippen MR) is 126 cm³/mol. The second kappa shape index (κ2) is 7.52. The van der Waals surface area contributed by atoms with E-state index in [9.17, 15) is 4.79 Å². The van der Waals surface area contributed by atoms with Gasteiger partial charge in [0.25, 0.3) is 0 Å². The molecule has 3 aromatic rings. The van der Waals surface area contributed by atoms with Crippen molar-refractivity contribution in [3.63, 3.8) is 0 Å². The highest BCUT2D eigenvalue weighted by molar-refractivity contribution is 5.84. The predicted octanol–water partition coefficient (Wildman–Crippen LogP) is 6.42. The van der Waals surface area contributed by atoms with Crippen molar-refractivity contribution in [2.75, 3.05) is 7.11 Å². The van der Waals surface area contributed by atoms with Gasteiger partial charge < -0.3 is 9.47 Å². The van der Waals surface area contributed by atoms with Crippen molar-refractivity contribution in [2.24, 2.45) is 5.41 Å². The van der Waals surface area contributed by atoms with Crippen LogP contribution in [0.2, 0.25) is 0 Å². The lowest BCUT2D eigenvalue weighted by Crippen LogP contribution is -2.44. The molecule has 0 aliphatic heterocycles. The molecule has 2 aliphatic carbocycles. The van der Waals surface area contributed by atoms with Crippen molar-refractivity contribution < 1.29 is 14.3 Å². The number of fused-ring (bicyclic) bond motifs is 3. The van der Waals surface area contributed by atoms with E-state index in [-0.39, 0.29) is 11.4 Å². The summed E-state index contributed by atoms with van der Waals surface area (Å²) in [5.74, 6) is 1.15. The summed E-state index contributed by atoms with van der Waals surface area (Å²) in [5.41, 5.74) is 5.65. The zero-order valence-electron chi connectivity index (χ0n) is 18.6. The van der Waals surface area contributed by atoms with Crippen LogP contribution in [0, 0.1) is 5.41 Å². The van der Waals surface area contributed by atoms with Crippen LogP contribution in [0.1, 0.15) is 37.0 Å². The molecule has 2 aliphatic rings. The Morgan fingerprint density at radius 2 is 1.47 bits per heavy atom. The first-order valence-corrected chi connectivity index (χ1v) is 10.9. The Bertz CT molecular complexity index is 1200. The molecule has 0 saturated carbocycles. The largest absolute Gasteiger partial charge is 0.497 e. The number of carbonyl (C=O) groups is 1. The van der Waals surface area contributed by atoms with Gasteiger partial charge in [0.15, 0.2) is 0 Å². The fourth-order valence-corrected chi connectivity index (χ4v) is 5.57. The molecule has 32 heavy (non-hydrogen) atoms. The molecule has 1 atom stereocenters. The number of methoxy groups -OCH3 is 1. The average Bonchev–Trinajstić information content (AvgIpc) is 3.12. The van der Waals surface area contributed by atoms with E-state index in [0.29, 0.717) is 5.76 Å². The molecule has 3 nitrogen and oxygen atoms in total. The molecule has 1 unspecified atom stereocenters. The third-order valence-electron chi connectivity index (χ3n) is 6.94. The molecule has 0 aromatic heterocycles. The van der Waals surface area contributed by atoms with Crippen molar-refractivity contribution in [1.82, 2.24) is 0 Å². The molecule has 0 amide bonds. The van der Waals surface area contributed by atoms with E-state index in [4.69, 9.17) is 9.47 Å². The van der Waals surface area contributed by atoms with E-state index in [1.807, 2.05) is 24.3 Å². The third-order valence-corrected chi connectivity index (χ3v) is 6.94. The van der Waals surface area contributed by atoms with Gasteiger partial charge in [0, 0.05) is 12.3 Å². The van der Waals surface area contributed by atoms with Gasteiger partial charge in [-0.3, -0.25) is 4.79 Å². The minimum absolute atomic E-state index is 0.284. The van der Waals surface area contributed by atoms with Crippen LogP contribution in [-0.2, 0) is 14.9 Å². The van der Waals surface area contributed by atoms with Crippen LogP contribution < -0.4 is 4.74 Å². The maximum absolute atomic E-state index is 11.5. The van der Waals surface area contributed by atoms with Crippen LogP contribution in [0.25, 0.3) is 11.1 Å². The van der Waals surface area contributed by atoms with Crippen molar-refractivity contribution >= 4 is 5.97 Å². The van der Waals surface area contributed by atoms with E-state index in [1.165, 1.54) is 34.7 Å². The molecule has 5 rings (SSSR count). The third kappa shape index (κ3) is 2.85. The summed E-state index contributed by atoms with van der Waals surface area (Å²) < 4.78 is 10.8. The summed E-state index contributed by atoms with van der Waals surface area (Å²) in [6.45, 7) is 3.73. The Morgan fingerprint density at radius 3 is 1.97 bits per heavy atom. The zero-order chi connectivity index (χ0) is 22.3. The summed E-state index contributed by atoms with van der Waals surface area (Å²) in [6, 6.07) is 25.9. The number of benzene rings is 3. The van der Waals surface area contributed by atoms with Crippen LogP contribution in [0.5, 0.6) is 5.75 Å². The van der Waals surface area contributed by atoms with Gasteiger partial charge in [-0.15, -0.1) is 0 Å². The van der Waals surface area contributed by atoms with Gasteiger partial charge in [0.2, 0.25) is 0 Å². The molecule has 3 aromatic carbocycles. The lowest BCUT2D eigenvalue weighted by molar-refractivity contribution is -0.136. The Kier molecular flexibility index (Phi) is 4.78. The summed E-state index contributed by atoms with van der Waals surface area (Å²) >= 11 is 0. The van der Waals surface area contributed by atoms with Crippen LogP contribution in [0.4, 0.5) is 0 Å². The van der Waals surface area contributed by atoms with Gasteiger partial charge >= 0.3 is 5.97 Å². The molecule has 160 valence electrons. The molecule has 0 fully saturated rings. The number of carbonyl (C=O) groups excluding carboxylic acids is 1. The van der Waals surface area contributed by atoms with Gasteiger partial charge in [-0.05, 0) is 58.5 Å². The van der Waals surface area contributed by atoms with Gasteiger partial charge in [-0.2, -0.15) is 0 Å². The molecule has 0 N–H and O–H groups in total. The smallest absolute Gasteiger partial charge is 0.308 e. The normalized spacial score (nSPS) is 20.2. The monoisotopic (exact) mass is 422 g/mol. The second-order valence-electron chi connectivity index (χ2n) is 8.72. The highest BCUT2D eigenvalue weighted by atomic mass is 16.5. The first kappa shape index (κ1) is 20.3. The minimum Gasteiger partial charge on any atom is -0.497 e. The highest BCUT2D eigenvalue weighted by Crippen LogP contribution is 2.63. The Balaban J connectivity index is 1.79. The van der Waals surface area contributed by atoms with Crippen LogP contribution in [0.3, 0.4) is 0 Å². The Hall–Kier alpha value is -3.59. The number of allylic oxidation sites excluding steroid dienone is 3. The second-order valence-corrected chi connectivity index (χ2v) is 8.72. The number of hydrogen-bond donors (Lipinski definition) is 0. The fourth-order valence-electron chi connectivity index (χ4n) is 5.57. The average molecular weight is 423 g/mol. The molecular formula is C29H26O3. The standard InChI is InChI=1S/C29H26O3/c1-20(30)32-23-16-18-28(2,19-17-23)29(21-12-14-22(31-3)15-13-21)26-10-6-4-8-24(26)25-9-5-7-11-27(25)29/h4-18H,19H2,1-3H3. The number of hydrogen-bond acceptors (Lipinski definition) is 3. The maximum atomic E-state index is 11.5. The van der Waals surface area contributed by atoms with Crippen LogP contribution in [0.15, 0.2) is 96.8 Å². The van der Waals surface area contributed by atoms with E-state index in [1.54, 1.807) is 7.11 Å². The van der Waals surface area contributed by atoms with Crippen molar-refractivity contribution in [1.29, 1.82) is 0 Å². The quantitative estimate of drug-likeness (QED) is 0.455. The number of rotatable bonds is 4. The molecule has 0 radical (unpaired) electrons. The van der Waals surface area contributed by atoms with E-state index >= 15 is 0 Å². The van der Waals surface area contributed by atoms with Crippen LogP contribution >= 0.6 is 0 Å². The van der Waals surface area contributed by atoms with Gasteiger partial charge in [-0.25, -0.2) is 0 Å². The fraction of sp³-hybridized carbons (Fsp3) is 0.207. The SMILES string of the molecule is COc1ccc(C2(C3(C)C=CC(OC(C)=O)=CC3)c3ccccc3-c3ccccc32)cc1. The first-order chi connectivity index (χ1) is 15.5. The molecule has 0 saturated heterocycles. The highest BCUT2D eigenvalue weighted by Gasteiger charge is 2.55. The Morgan fingerprint density at radius 1 is 0.875 bits per heavy atom. The number of ether oxygens (including phenoxy) is 2. The Labute approximate surface area is 189 Å². The lowest BCUT2D eigenvalue weighted by atomic mass is 9.54. The maximum Gasteiger partial charge on any atom is 0.308 e. The van der Waals surface area contributed by atoms with Gasteiger partial charge in [0.05, 0.1) is 12.5 Å². The topological polar surface area (TPSA) is 35.5 Å². The molecular weight excluding hydrogens is 396 g/mol. The van der Waals surface area contributed by atoms with Crippen molar-refractivity contribution in [3.8, 4) is 16.9 Å². The summed E-state index contributed by atoms with van der Waals surface area (Å²) in [7, 11) is 1.69. The van der Waals surface area contributed by atoms with Crippen molar-refractivity contribution in [3.05, 3.63) is 113 Å². The molecule has 3 heteroatoms.